The van der Waals surface area contributed by atoms with Gasteiger partial charge in [0.15, 0.2) is 5.96 Å². The zero-order valence-electron chi connectivity index (χ0n) is 15.8. The van der Waals surface area contributed by atoms with Crippen LogP contribution in [0.1, 0.15) is 45.2 Å². The van der Waals surface area contributed by atoms with Crippen LogP contribution in [0.5, 0.6) is 0 Å². The topological polar surface area (TPSA) is 56.9 Å². The minimum atomic E-state index is 0.760. The van der Waals surface area contributed by atoms with Crippen molar-refractivity contribution in [3.05, 3.63) is 18.0 Å². The van der Waals surface area contributed by atoms with Crippen molar-refractivity contribution in [3.63, 3.8) is 0 Å². The molecule has 1 aromatic rings. The van der Waals surface area contributed by atoms with Crippen LogP contribution in [0.4, 0.5) is 0 Å². The van der Waals surface area contributed by atoms with Crippen LogP contribution in [0.2, 0.25) is 0 Å². The molecule has 0 bridgehead atoms. The van der Waals surface area contributed by atoms with Gasteiger partial charge in [0.25, 0.3) is 0 Å². The molecule has 1 saturated carbocycles. The van der Waals surface area contributed by atoms with E-state index in [-0.39, 0.29) is 0 Å². The largest absolute Gasteiger partial charge is 0.364 e. The van der Waals surface area contributed by atoms with Gasteiger partial charge in [-0.15, -0.1) is 0 Å². The second-order valence-corrected chi connectivity index (χ2v) is 7.47. The van der Waals surface area contributed by atoms with E-state index in [0.717, 1.165) is 69.3 Å². The Morgan fingerprint density at radius 2 is 2.08 bits per heavy atom. The molecule has 140 valence electrons. The van der Waals surface area contributed by atoms with Gasteiger partial charge >= 0.3 is 0 Å². The van der Waals surface area contributed by atoms with Crippen LogP contribution < -0.4 is 5.32 Å². The Hall–Kier alpha value is -1.56. The lowest BCUT2D eigenvalue weighted by molar-refractivity contribution is 0.168. The number of aliphatic imine (C=N–C) groups is 1. The van der Waals surface area contributed by atoms with Crippen molar-refractivity contribution in [1.82, 2.24) is 20.3 Å². The summed E-state index contributed by atoms with van der Waals surface area (Å²) in [4.78, 5) is 9.84. The number of rotatable bonds is 5. The van der Waals surface area contributed by atoms with Gasteiger partial charge in [0.1, 0.15) is 6.26 Å². The normalized spacial score (nSPS) is 26.0. The number of guanidine groups is 1. The molecule has 0 spiro atoms. The Labute approximate surface area is 151 Å². The molecule has 0 aromatic carbocycles. The summed E-state index contributed by atoms with van der Waals surface area (Å²) in [7, 11) is 0. The maximum Gasteiger partial charge on any atom is 0.194 e. The first-order chi connectivity index (χ1) is 12.3. The molecule has 25 heavy (non-hydrogen) atoms. The second kappa shape index (κ2) is 9.22. The third-order valence-electron chi connectivity index (χ3n) is 5.65. The molecule has 1 aromatic heterocycles. The van der Waals surface area contributed by atoms with Gasteiger partial charge in [0.05, 0.1) is 5.69 Å². The van der Waals surface area contributed by atoms with Gasteiger partial charge in [-0.1, -0.05) is 31.3 Å². The van der Waals surface area contributed by atoms with Crippen LogP contribution in [0.15, 0.2) is 21.8 Å². The van der Waals surface area contributed by atoms with Gasteiger partial charge in [-0.3, -0.25) is 9.89 Å². The molecular formula is C19H33N5O. The predicted molar refractivity (Wildman–Crippen MR) is 100 cm³/mol. The van der Waals surface area contributed by atoms with Crippen LogP contribution in [-0.2, 0) is 6.54 Å². The van der Waals surface area contributed by atoms with Gasteiger partial charge in [-0.25, -0.2) is 0 Å². The molecule has 2 heterocycles. The quantitative estimate of drug-likeness (QED) is 0.655. The van der Waals surface area contributed by atoms with E-state index < -0.39 is 0 Å². The highest BCUT2D eigenvalue weighted by atomic mass is 16.5. The average Bonchev–Trinajstić information content (AvgIpc) is 3.14. The summed E-state index contributed by atoms with van der Waals surface area (Å²) in [6, 6.07) is 1.95. The molecular weight excluding hydrogens is 314 g/mol. The van der Waals surface area contributed by atoms with E-state index in [1.165, 1.54) is 25.7 Å². The molecule has 2 fully saturated rings. The third-order valence-corrected chi connectivity index (χ3v) is 5.65. The minimum Gasteiger partial charge on any atom is -0.364 e. The molecule has 2 atom stereocenters. The van der Waals surface area contributed by atoms with E-state index >= 15 is 0 Å². The number of hydrogen-bond donors (Lipinski definition) is 1. The SMILES string of the molecule is CCNC(=NCC1CCCCC1C)N1CCN(Cc2ccon2)CC1. The summed E-state index contributed by atoms with van der Waals surface area (Å²) in [5.41, 5.74) is 1.01. The first-order valence-electron chi connectivity index (χ1n) is 9.91. The Bertz CT molecular complexity index is 522. The number of hydrogen-bond acceptors (Lipinski definition) is 4. The molecule has 1 saturated heterocycles. The average molecular weight is 348 g/mol. The molecule has 0 radical (unpaired) electrons. The molecule has 1 N–H and O–H groups in total. The Morgan fingerprint density at radius 3 is 2.76 bits per heavy atom. The predicted octanol–water partition coefficient (Wildman–Crippen LogP) is 2.58. The fourth-order valence-corrected chi connectivity index (χ4v) is 3.96. The van der Waals surface area contributed by atoms with E-state index in [1.54, 1.807) is 6.26 Å². The highest BCUT2D eigenvalue weighted by Gasteiger charge is 2.23. The molecule has 0 amide bonds. The van der Waals surface area contributed by atoms with Gasteiger partial charge in [0, 0.05) is 51.9 Å². The minimum absolute atomic E-state index is 0.760. The number of aromatic nitrogens is 1. The molecule has 1 aliphatic carbocycles. The second-order valence-electron chi connectivity index (χ2n) is 7.47. The fourth-order valence-electron chi connectivity index (χ4n) is 3.96. The van der Waals surface area contributed by atoms with Crippen molar-refractivity contribution in [1.29, 1.82) is 0 Å². The molecule has 1 aliphatic heterocycles. The number of piperazine rings is 1. The highest BCUT2D eigenvalue weighted by Crippen LogP contribution is 2.29. The van der Waals surface area contributed by atoms with Crippen LogP contribution in [0.25, 0.3) is 0 Å². The monoisotopic (exact) mass is 347 g/mol. The summed E-state index contributed by atoms with van der Waals surface area (Å²) in [6.45, 7) is 11.4. The molecule has 3 rings (SSSR count). The molecule has 2 unspecified atom stereocenters. The lowest BCUT2D eigenvalue weighted by atomic mass is 9.80. The standard InChI is InChI=1S/C19H33N5O/c1-3-20-19(21-14-17-7-5-4-6-16(17)2)24-11-9-23(10-12-24)15-18-8-13-25-22-18/h8,13,16-17H,3-7,9-12,14-15H2,1-2H3,(H,20,21). The van der Waals surface area contributed by atoms with Crippen molar-refractivity contribution in [2.75, 3.05) is 39.3 Å². The number of nitrogens with zero attached hydrogens (tertiary/aromatic N) is 4. The highest BCUT2D eigenvalue weighted by molar-refractivity contribution is 5.80. The van der Waals surface area contributed by atoms with Crippen LogP contribution >= 0.6 is 0 Å². The zero-order chi connectivity index (χ0) is 17.5. The van der Waals surface area contributed by atoms with Crippen molar-refractivity contribution >= 4 is 5.96 Å². The smallest absolute Gasteiger partial charge is 0.194 e. The third kappa shape index (κ3) is 5.21. The summed E-state index contributed by atoms with van der Waals surface area (Å²) in [5, 5.41) is 7.51. The van der Waals surface area contributed by atoms with Crippen molar-refractivity contribution < 1.29 is 4.52 Å². The first kappa shape index (κ1) is 18.2. The zero-order valence-corrected chi connectivity index (χ0v) is 15.8. The lowest BCUT2D eigenvalue weighted by Crippen LogP contribution is -2.52. The summed E-state index contributed by atoms with van der Waals surface area (Å²) in [6.07, 6.45) is 7.14. The van der Waals surface area contributed by atoms with Crippen molar-refractivity contribution in [2.45, 2.75) is 46.1 Å². The van der Waals surface area contributed by atoms with Gasteiger partial charge in [-0.2, -0.15) is 0 Å². The van der Waals surface area contributed by atoms with Crippen LogP contribution in [-0.4, -0.2) is 60.2 Å². The van der Waals surface area contributed by atoms with E-state index in [1.807, 2.05) is 6.07 Å². The summed E-state index contributed by atoms with van der Waals surface area (Å²) >= 11 is 0. The molecule has 6 heteroatoms. The van der Waals surface area contributed by atoms with E-state index in [0.29, 0.717) is 0 Å². The van der Waals surface area contributed by atoms with E-state index in [9.17, 15) is 0 Å². The maximum absolute atomic E-state index is 5.00. The van der Waals surface area contributed by atoms with E-state index in [4.69, 9.17) is 9.52 Å². The maximum atomic E-state index is 5.00. The Balaban J connectivity index is 1.51. The number of nitrogens with one attached hydrogen (secondary N) is 1. The lowest BCUT2D eigenvalue weighted by Gasteiger charge is -2.36. The molecule has 6 nitrogen and oxygen atoms in total. The molecule has 2 aliphatic rings. The fraction of sp³-hybridized carbons (Fsp3) is 0.789. The summed E-state index contributed by atoms with van der Waals surface area (Å²) < 4.78 is 4.93. The van der Waals surface area contributed by atoms with Crippen LogP contribution in [0.3, 0.4) is 0 Å². The summed E-state index contributed by atoms with van der Waals surface area (Å²) in [5.74, 6) is 2.68. The van der Waals surface area contributed by atoms with Crippen LogP contribution in [0, 0.1) is 11.8 Å². The van der Waals surface area contributed by atoms with Crippen molar-refractivity contribution in [3.8, 4) is 0 Å². The van der Waals surface area contributed by atoms with E-state index in [2.05, 4.69) is 34.1 Å². The van der Waals surface area contributed by atoms with Crippen molar-refractivity contribution in [2.24, 2.45) is 16.8 Å². The van der Waals surface area contributed by atoms with Gasteiger partial charge in [0.2, 0.25) is 0 Å². The van der Waals surface area contributed by atoms with Gasteiger partial charge < -0.3 is 14.7 Å². The Kier molecular flexibility index (Phi) is 6.73. The Morgan fingerprint density at radius 1 is 1.28 bits per heavy atom. The van der Waals surface area contributed by atoms with Gasteiger partial charge in [-0.05, 0) is 25.2 Å². The first-order valence-corrected chi connectivity index (χ1v) is 9.91.